The van der Waals surface area contributed by atoms with Crippen LogP contribution in [0, 0.1) is 0 Å². The van der Waals surface area contributed by atoms with Crippen molar-refractivity contribution in [2.45, 2.75) is 290 Å². The van der Waals surface area contributed by atoms with Crippen LogP contribution in [-0.2, 0) is 32.7 Å². The van der Waals surface area contributed by atoms with E-state index in [1.807, 2.05) is 0 Å². The summed E-state index contributed by atoms with van der Waals surface area (Å²) in [5.41, 5.74) is 0. The monoisotopic (exact) mass is 885 g/mol. The average Bonchev–Trinajstić information content (AvgIpc) is 3.24. The van der Waals surface area contributed by atoms with Crippen molar-refractivity contribution in [1.82, 2.24) is 0 Å². The lowest BCUT2D eigenvalue weighted by molar-refractivity contribution is -0.161. The number of allylic oxidation sites excluding steroid dienone is 2. The third-order valence-corrected chi connectivity index (χ3v) is 12.9. The molecule has 362 valence electrons. The van der Waals surface area contributed by atoms with Crippen LogP contribution in [0.5, 0.6) is 0 Å². The van der Waals surface area contributed by atoms with E-state index in [4.69, 9.17) is 18.5 Å². The molecule has 0 bridgehead atoms. The molecule has 0 saturated heterocycles. The summed E-state index contributed by atoms with van der Waals surface area (Å²) in [5.74, 6) is -0.781. The van der Waals surface area contributed by atoms with Crippen LogP contribution < -0.4 is 0 Å². The fraction of sp³-hybridized carbons (Fsp3) is 0.923. The second-order valence-corrected chi connectivity index (χ2v) is 19.4. The van der Waals surface area contributed by atoms with E-state index < -0.39 is 19.9 Å². The van der Waals surface area contributed by atoms with Gasteiger partial charge in [0.2, 0.25) is 0 Å². The van der Waals surface area contributed by atoms with Gasteiger partial charge in [-0.3, -0.25) is 18.6 Å². The second kappa shape index (κ2) is 48.3. The van der Waals surface area contributed by atoms with E-state index in [1.54, 1.807) is 6.92 Å². The maximum Gasteiger partial charge on any atom is 0.472 e. The summed E-state index contributed by atoms with van der Waals surface area (Å²) >= 11 is 0. The van der Waals surface area contributed by atoms with Crippen LogP contribution in [0.25, 0.3) is 0 Å². The highest BCUT2D eigenvalue weighted by atomic mass is 31.2. The molecular formula is C52H101O8P. The molecule has 2 atom stereocenters. The fourth-order valence-corrected chi connectivity index (χ4v) is 8.68. The van der Waals surface area contributed by atoms with Gasteiger partial charge in [-0.1, -0.05) is 238 Å². The number of hydrogen-bond acceptors (Lipinski definition) is 7. The highest BCUT2D eigenvalue weighted by Crippen LogP contribution is 2.43. The number of rotatable bonds is 50. The summed E-state index contributed by atoms with van der Waals surface area (Å²) in [6.45, 7) is 5.54. The Morgan fingerprint density at radius 2 is 0.738 bits per heavy atom. The predicted molar refractivity (Wildman–Crippen MR) is 258 cm³/mol. The first-order valence-corrected chi connectivity index (χ1v) is 28.0. The van der Waals surface area contributed by atoms with Gasteiger partial charge in [0, 0.05) is 12.8 Å². The zero-order chi connectivity index (χ0) is 44.6. The van der Waals surface area contributed by atoms with Crippen molar-refractivity contribution in [3.05, 3.63) is 12.2 Å². The average molecular weight is 885 g/mol. The van der Waals surface area contributed by atoms with Gasteiger partial charge < -0.3 is 14.4 Å². The van der Waals surface area contributed by atoms with Crippen LogP contribution in [0.1, 0.15) is 284 Å². The van der Waals surface area contributed by atoms with Crippen LogP contribution in [-0.4, -0.2) is 42.8 Å². The van der Waals surface area contributed by atoms with Gasteiger partial charge in [-0.25, -0.2) is 4.57 Å². The van der Waals surface area contributed by atoms with Crippen LogP contribution in [0.2, 0.25) is 0 Å². The first kappa shape index (κ1) is 59.8. The predicted octanol–water partition coefficient (Wildman–Crippen LogP) is 17.2. The van der Waals surface area contributed by atoms with Crippen molar-refractivity contribution < 1.29 is 37.6 Å². The zero-order valence-electron chi connectivity index (χ0n) is 40.6. The lowest BCUT2D eigenvalue weighted by atomic mass is 10.0. The second-order valence-electron chi connectivity index (χ2n) is 17.9. The molecule has 2 unspecified atom stereocenters. The molecule has 8 nitrogen and oxygen atoms in total. The van der Waals surface area contributed by atoms with Gasteiger partial charge in [0.15, 0.2) is 6.10 Å². The van der Waals surface area contributed by atoms with E-state index in [0.717, 1.165) is 32.1 Å². The Morgan fingerprint density at radius 3 is 1.08 bits per heavy atom. The molecule has 0 aromatic carbocycles. The van der Waals surface area contributed by atoms with Crippen molar-refractivity contribution in [2.75, 3.05) is 19.8 Å². The summed E-state index contributed by atoms with van der Waals surface area (Å²) < 4.78 is 32.8. The molecule has 0 amide bonds. The Labute approximate surface area is 378 Å². The summed E-state index contributed by atoms with van der Waals surface area (Å²) in [7, 11) is -4.28. The minimum Gasteiger partial charge on any atom is -0.462 e. The lowest BCUT2D eigenvalue weighted by Gasteiger charge is -2.19. The van der Waals surface area contributed by atoms with Crippen molar-refractivity contribution in [1.29, 1.82) is 0 Å². The molecule has 0 rings (SSSR count). The maximum absolute atomic E-state index is 12.6. The number of unbranched alkanes of at least 4 members (excludes halogenated alkanes) is 36. The summed E-state index contributed by atoms with van der Waals surface area (Å²) in [4.78, 5) is 34.9. The minimum atomic E-state index is -4.28. The van der Waals surface area contributed by atoms with Gasteiger partial charge in [0.05, 0.1) is 13.2 Å². The first-order valence-electron chi connectivity index (χ1n) is 26.5. The third kappa shape index (κ3) is 48.1. The first-order chi connectivity index (χ1) is 29.8. The molecule has 0 fully saturated rings. The summed E-state index contributed by atoms with van der Waals surface area (Å²) in [6, 6.07) is 0. The van der Waals surface area contributed by atoms with Crippen molar-refractivity contribution in [3.63, 3.8) is 0 Å². The Balaban J connectivity index is 3.91. The van der Waals surface area contributed by atoms with Gasteiger partial charge in [-0.2, -0.15) is 0 Å². The SMILES string of the molecule is CCCCCCCC/C=C\CCCCCCCCCCCC(=O)OC(COC(=O)CCCCCCCCCCCCCCCCCCCCCCCC)COP(=O)(O)OCC. The number of hydrogen-bond donors (Lipinski definition) is 1. The number of ether oxygens (including phenoxy) is 2. The van der Waals surface area contributed by atoms with Crippen LogP contribution in [0.4, 0.5) is 0 Å². The Morgan fingerprint density at radius 1 is 0.426 bits per heavy atom. The van der Waals surface area contributed by atoms with E-state index >= 15 is 0 Å². The van der Waals surface area contributed by atoms with E-state index in [0.29, 0.717) is 12.8 Å². The van der Waals surface area contributed by atoms with E-state index in [9.17, 15) is 19.0 Å². The van der Waals surface area contributed by atoms with Gasteiger partial charge >= 0.3 is 19.8 Å². The molecule has 0 aliphatic rings. The molecule has 0 aromatic heterocycles. The highest BCUT2D eigenvalue weighted by Gasteiger charge is 2.25. The molecule has 0 spiro atoms. The number of carbonyl (C=O) groups excluding carboxylic acids is 2. The largest absolute Gasteiger partial charge is 0.472 e. The molecular weight excluding hydrogens is 784 g/mol. The molecule has 1 N–H and O–H groups in total. The molecule has 0 saturated carbocycles. The lowest BCUT2D eigenvalue weighted by Crippen LogP contribution is -2.29. The maximum atomic E-state index is 12.6. The van der Waals surface area contributed by atoms with Crippen molar-refractivity contribution in [2.24, 2.45) is 0 Å². The Bertz CT molecular complexity index is 1000. The molecule has 0 heterocycles. The summed E-state index contributed by atoms with van der Waals surface area (Å²) in [6.07, 6.45) is 54.2. The molecule has 9 heteroatoms. The normalized spacial score (nSPS) is 13.2. The van der Waals surface area contributed by atoms with Gasteiger partial charge in [0.25, 0.3) is 0 Å². The quantitative estimate of drug-likeness (QED) is 0.0278. The van der Waals surface area contributed by atoms with Crippen molar-refractivity contribution in [3.8, 4) is 0 Å². The molecule has 0 radical (unpaired) electrons. The fourth-order valence-electron chi connectivity index (χ4n) is 7.92. The van der Waals surface area contributed by atoms with Crippen LogP contribution >= 0.6 is 7.82 Å². The number of carbonyl (C=O) groups is 2. The van der Waals surface area contributed by atoms with Crippen LogP contribution in [0.15, 0.2) is 12.2 Å². The summed E-state index contributed by atoms with van der Waals surface area (Å²) in [5, 5.41) is 0. The number of phosphoric acid groups is 1. The van der Waals surface area contributed by atoms with Gasteiger partial charge in [0.1, 0.15) is 6.61 Å². The minimum absolute atomic E-state index is 0.00372. The van der Waals surface area contributed by atoms with Crippen molar-refractivity contribution >= 4 is 19.8 Å². The highest BCUT2D eigenvalue weighted by molar-refractivity contribution is 7.47. The zero-order valence-corrected chi connectivity index (χ0v) is 41.5. The number of phosphoric ester groups is 1. The topological polar surface area (TPSA) is 108 Å². The van der Waals surface area contributed by atoms with Gasteiger partial charge in [-0.05, 0) is 45.4 Å². The van der Waals surface area contributed by atoms with Gasteiger partial charge in [-0.15, -0.1) is 0 Å². The third-order valence-electron chi connectivity index (χ3n) is 11.8. The van der Waals surface area contributed by atoms with Crippen LogP contribution in [0.3, 0.4) is 0 Å². The standard InChI is InChI=1S/C52H101O8P/c1-4-7-9-11-13-15-17-19-21-23-25-26-27-29-30-32-34-36-38-40-42-44-46-51(53)57-48-50(49-59-61(55,56)58-6-3)60-52(54)47-45-43-41-39-37-35-33-31-28-24-22-20-18-16-14-12-10-8-5-2/h20,22,50H,4-19,21,23-49H2,1-3H3,(H,55,56)/b22-20-. The Hall–Kier alpha value is -1.21. The molecule has 61 heavy (non-hydrogen) atoms. The molecule has 0 aromatic rings. The molecule has 0 aliphatic heterocycles. The Kier molecular flexibility index (Phi) is 47.3. The number of esters is 2. The van der Waals surface area contributed by atoms with E-state index in [1.165, 1.54) is 212 Å². The molecule has 0 aliphatic carbocycles. The van der Waals surface area contributed by atoms with E-state index in [2.05, 4.69) is 26.0 Å². The smallest absolute Gasteiger partial charge is 0.462 e. The van der Waals surface area contributed by atoms with E-state index in [-0.39, 0.29) is 32.2 Å².